The summed E-state index contributed by atoms with van der Waals surface area (Å²) in [5.74, 6) is 0.837. The molecule has 0 bridgehead atoms. The maximum Gasteiger partial charge on any atom is 0.184 e. The molecule has 0 atom stereocenters. The second-order valence-corrected chi connectivity index (χ2v) is 5.18. The van der Waals surface area contributed by atoms with Gasteiger partial charge in [-0.05, 0) is 50.1 Å². The number of benzene rings is 1. The highest BCUT2D eigenvalue weighted by Gasteiger charge is 1.98. The third-order valence-corrected chi connectivity index (χ3v) is 2.80. The van der Waals surface area contributed by atoms with Gasteiger partial charge in [0.05, 0.1) is 12.8 Å². The number of halogens is 1. The molecular weight excluding hydrogens is 320 g/mol. The number of nitrogens with one attached hydrogen (secondary N) is 1. The van der Waals surface area contributed by atoms with Gasteiger partial charge in [0.1, 0.15) is 5.75 Å². The van der Waals surface area contributed by atoms with E-state index in [0.29, 0.717) is 0 Å². The molecule has 0 aliphatic carbocycles. The van der Waals surface area contributed by atoms with Crippen LogP contribution in [0.3, 0.4) is 0 Å². The summed E-state index contributed by atoms with van der Waals surface area (Å²) in [5, 5.41) is 4.37. The molecule has 7 heteroatoms. The van der Waals surface area contributed by atoms with E-state index < -0.39 is 0 Å². The van der Waals surface area contributed by atoms with Crippen LogP contribution in [0.1, 0.15) is 12.0 Å². The quantitative estimate of drug-likeness (QED) is 0.452. The van der Waals surface area contributed by atoms with Gasteiger partial charge in [-0.2, -0.15) is 5.10 Å². The highest BCUT2D eigenvalue weighted by atomic mass is 35.5. The lowest BCUT2D eigenvalue weighted by molar-refractivity contribution is 0.415. The maximum absolute atomic E-state index is 5.40. The summed E-state index contributed by atoms with van der Waals surface area (Å²) in [6, 6.07) is 7.81. The van der Waals surface area contributed by atoms with Gasteiger partial charge in [-0.1, -0.05) is 18.2 Å². The molecule has 0 amide bonds. The smallest absolute Gasteiger partial charge is 0.184 e. The van der Waals surface area contributed by atoms with Crippen molar-refractivity contribution in [3.05, 3.63) is 35.9 Å². The number of hydrogen-bond acceptors (Lipinski definition) is 4. The minimum absolute atomic E-state index is 0. The third kappa shape index (κ3) is 8.61. The van der Waals surface area contributed by atoms with E-state index in [9.17, 15) is 0 Å². The lowest BCUT2D eigenvalue weighted by atomic mass is 10.1. The van der Waals surface area contributed by atoms with Crippen molar-refractivity contribution in [3.63, 3.8) is 0 Å². The Morgan fingerprint density at radius 3 is 2.50 bits per heavy atom. The highest BCUT2D eigenvalue weighted by molar-refractivity contribution is 7.80. The van der Waals surface area contributed by atoms with Crippen LogP contribution in [-0.2, 0) is 0 Å². The van der Waals surface area contributed by atoms with Gasteiger partial charge in [0.2, 0.25) is 0 Å². The Labute approximate surface area is 143 Å². The summed E-state index contributed by atoms with van der Waals surface area (Å²) in [4.78, 5) is 2.09. The van der Waals surface area contributed by atoms with Crippen molar-refractivity contribution in [1.82, 2.24) is 10.3 Å². The molecule has 0 spiro atoms. The standard InChI is InChI=1S/C15H22N4OS.ClH/c1-19(2)11-10-13(17-18-15(16)21)7-4-12-5-8-14(20-3)9-6-12;/h4-9H,10-11H2,1-3H3,(H3,16,18,21);1H/b7-4+,17-13-;. The summed E-state index contributed by atoms with van der Waals surface area (Å²) < 4.78 is 5.13. The van der Waals surface area contributed by atoms with Crippen LogP contribution in [0.4, 0.5) is 0 Å². The summed E-state index contributed by atoms with van der Waals surface area (Å²) >= 11 is 4.77. The molecule has 0 radical (unpaired) electrons. The molecule has 122 valence electrons. The number of nitrogens with two attached hydrogens (primary N) is 1. The number of nitrogens with zero attached hydrogens (tertiary/aromatic N) is 2. The fraction of sp³-hybridized carbons (Fsp3) is 0.333. The van der Waals surface area contributed by atoms with Crippen molar-refractivity contribution in [2.45, 2.75) is 6.42 Å². The summed E-state index contributed by atoms with van der Waals surface area (Å²) in [7, 11) is 5.69. The van der Waals surface area contributed by atoms with Crippen LogP contribution in [0.15, 0.2) is 35.4 Å². The molecule has 0 heterocycles. The third-order valence-electron chi connectivity index (χ3n) is 2.71. The van der Waals surface area contributed by atoms with Gasteiger partial charge >= 0.3 is 0 Å². The Hall–Kier alpha value is -1.63. The van der Waals surface area contributed by atoms with Crippen molar-refractivity contribution >= 4 is 41.5 Å². The van der Waals surface area contributed by atoms with Gasteiger partial charge in [0.25, 0.3) is 0 Å². The molecule has 0 aromatic heterocycles. The molecule has 0 unspecified atom stereocenters. The van der Waals surface area contributed by atoms with Crippen LogP contribution in [0, 0.1) is 0 Å². The van der Waals surface area contributed by atoms with E-state index in [1.807, 2.05) is 50.5 Å². The average molecular weight is 343 g/mol. The lowest BCUT2D eigenvalue weighted by Gasteiger charge is -2.09. The normalized spacial score (nSPS) is 11.4. The molecule has 22 heavy (non-hydrogen) atoms. The zero-order chi connectivity index (χ0) is 15.7. The van der Waals surface area contributed by atoms with E-state index in [0.717, 1.165) is 30.0 Å². The molecule has 0 aliphatic rings. The van der Waals surface area contributed by atoms with Crippen molar-refractivity contribution in [1.29, 1.82) is 0 Å². The minimum Gasteiger partial charge on any atom is -0.497 e. The lowest BCUT2D eigenvalue weighted by Crippen LogP contribution is -2.26. The molecule has 0 aliphatic heterocycles. The predicted octanol–water partition coefficient (Wildman–Crippen LogP) is 2.27. The topological polar surface area (TPSA) is 62.9 Å². The fourth-order valence-corrected chi connectivity index (χ4v) is 1.59. The van der Waals surface area contributed by atoms with Crippen LogP contribution in [0.25, 0.3) is 6.08 Å². The average Bonchev–Trinajstić information content (AvgIpc) is 2.46. The summed E-state index contributed by atoms with van der Waals surface area (Å²) in [6.07, 6.45) is 4.75. The molecule has 3 N–H and O–H groups in total. The zero-order valence-electron chi connectivity index (χ0n) is 13.1. The highest BCUT2D eigenvalue weighted by Crippen LogP contribution is 2.12. The van der Waals surface area contributed by atoms with Crippen molar-refractivity contribution < 1.29 is 4.74 Å². The first-order valence-electron chi connectivity index (χ1n) is 6.60. The molecule has 1 aromatic carbocycles. The van der Waals surface area contributed by atoms with E-state index in [1.54, 1.807) is 7.11 Å². The molecule has 0 saturated carbocycles. The monoisotopic (exact) mass is 342 g/mol. The van der Waals surface area contributed by atoms with Crippen LogP contribution < -0.4 is 15.9 Å². The predicted molar refractivity (Wildman–Crippen MR) is 99.8 cm³/mol. The van der Waals surface area contributed by atoms with Gasteiger partial charge in [-0.3, -0.25) is 5.43 Å². The summed E-state index contributed by atoms with van der Waals surface area (Å²) in [5.41, 5.74) is 9.99. The summed E-state index contributed by atoms with van der Waals surface area (Å²) in [6.45, 7) is 0.894. The number of rotatable bonds is 7. The first kappa shape index (κ1) is 20.4. The number of hydrazone groups is 1. The Kier molecular flexibility index (Phi) is 10.2. The number of methoxy groups -OCH3 is 1. The second kappa shape index (κ2) is 11.0. The number of ether oxygens (including phenoxy) is 1. The Bertz CT molecular complexity index is 515. The van der Waals surface area contributed by atoms with E-state index >= 15 is 0 Å². The molecule has 5 nitrogen and oxygen atoms in total. The Morgan fingerprint density at radius 1 is 1.36 bits per heavy atom. The molecule has 1 rings (SSSR count). The zero-order valence-corrected chi connectivity index (χ0v) is 14.7. The van der Waals surface area contributed by atoms with Crippen LogP contribution in [-0.4, -0.2) is 43.5 Å². The van der Waals surface area contributed by atoms with Crippen LogP contribution in [0.2, 0.25) is 0 Å². The Morgan fingerprint density at radius 2 is 2.00 bits per heavy atom. The van der Waals surface area contributed by atoms with Crippen molar-refractivity contribution in [2.75, 3.05) is 27.7 Å². The first-order chi connectivity index (χ1) is 10.0. The van der Waals surface area contributed by atoms with E-state index in [2.05, 4.69) is 15.4 Å². The first-order valence-corrected chi connectivity index (χ1v) is 7.01. The van der Waals surface area contributed by atoms with Gasteiger partial charge in [0, 0.05) is 13.0 Å². The number of hydrogen-bond donors (Lipinski definition) is 2. The number of allylic oxidation sites excluding steroid dienone is 1. The van der Waals surface area contributed by atoms with E-state index in [4.69, 9.17) is 22.7 Å². The minimum atomic E-state index is 0. The van der Waals surface area contributed by atoms with Gasteiger partial charge in [-0.15, -0.1) is 12.4 Å². The van der Waals surface area contributed by atoms with Crippen LogP contribution >= 0.6 is 24.6 Å². The van der Waals surface area contributed by atoms with E-state index in [-0.39, 0.29) is 17.5 Å². The molecule has 1 aromatic rings. The van der Waals surface area contributed by atoms with Gasteiger partial charge in [0.15, 0.2) is 5.11 Å². The molecule has 0 fully saturated rings. The van der Waals surface area contributed by atoms with Crippen molar-refractivity contribution in [3.8, 4) is 5.75 Å². The van der Waals surface area contributed by atoms with Crippen LogP contribution in [0.5, 0.6) is 5.75 Å². The Balaban J connectivity index is 0.00000441. The SMILES string of the molecule is COc1ccc(/C=C/C(CCN(C)C)=N/NC(N)=S)cc1.Cl. The second-order valence-electron chi connectivity index (χ2n) is 4.74. The molecular formula is C15H23ClN4OS. The van der Waals surface area contributed by atoms with E-state index in [1.165, 1.54) is 0 Å². The van der Waals surface area contributed by atoms with Gasteiger partial charge in [-0.25, -0.2) is 0 Å². The van der Waals surface area contributed by atoms with Gasteiger partial charge < -0.3 is 15.4 Å². The molecule has 0 saturated heterocycles. The fourth-order valence-electron chi connectivity index (χ4n) is 1.55. The van der Waals surface area contributed by atoms with Crippen molar-refractivity contribution in [2.24, 2.45) is 10.8 Å². The largest absolute Gasteiger partial charge is 0.497 e. The number of thiocarbonyl (C=S) groups is 1. The maximum atomic E-state index is 5.40.